The smallest absolute Gasteiger partial charge is 0.0753 e. The van der Waals surface area contributed by atoms with E-state index >= 15 is 0 Å². The first-order valence-electron chi connectivity index (χ1n) is 2.94. The standard InChI is InChI=1S/C6H16N.CH3/c1-5-7(3,4)6-2;/h5-6H2,1-4H3;1H3/q+1;-1. The zero-order valence-electron chi connectivity index (χ0n) is 6.86. The summed E-state index contributed by atoms with van der Waals surface area (Å²) in [6.45, 7) is 6.89. The second kappa shape index (κ2) is 3.90. The van der Waals surface area contributed by atoms with Gasteiger partial charge in [-0.3, -0.25) is 0 Å². The molecule has 1 heteroatoms. The lowest BCUT2D eigenvalue weighted by Crippen LogP contribution is -2.38. The zero-order valence-corrected chi connectivity index (χ0v) is 6.86. The molecule has 0 rings (SSSR count). The van der Waals surface area contributed by atoms with E-state index in [1.807, 2.05) is 0 Å². The van der Waals surface area contributed by atoms with Crippen molar-refractivity contribution in [3.05, 3.63) is 7.43 Å². The molecule has 0 radical (unpaired) electrons. The average molecular weight is 117 g/mol. The molecule has 0 heterocycles. The summed E-state index contributed by atoms with van der Waals surface area (Å²) in [6, 6.07) is 0. The predicted molar refractivity (Wildman–Crippen MR) is 39.6 cm³/mol. The molecule has 8 heavy (non-hydrogen) atoms. The Morgan fingerprint density at radius 3 is 1.25 bits per heavy atom. The van der Waals surface area contributed by atoms with Crippen molar-refractivity contribution in [1.82, 2.24) is 0 Å². The lowest BCUT2D eigenvalue weighted by molar-refractivity contribution is -0.886. The Bertz CT molecular complexity index is 42.3. The molecule has 0 fully saturated rings. The van der Waals surface area contributed by atoms with Crippen LogP contribution in [0.2, 0.25) is 0 Å². The minimum absolute atomic E-state index is 0. The molecule has 0 unspecified atom stereocenters. The van der Waals surface area contributed by atoms with Gasteiger partial charge in [0, 0.05) is 0 Å². The lowest BCUT2D eigenvalue weighted by atomic mass is 10.5. The van der Waals surface area contributed by atoms with E-state index in [1.165, 1.54) is 13.1 Å². The van der Waals surface area contributed by atoms with Gasteiger partial charge in [0.15, 0.2) is 0 Å². The van der Waals surface area contributed by atoms with E-state index in [4.69, 9.17) is 0 Å². The fourth-order valence-corrected chi connectivity index (χ4v) is 0.224. The maximum absolute atomic E-state index is 2.24. The van der Waals surface area contributed by atoms with Crippen molar-refractivity contribution in [2.45, 2.75) is 13.8 Å². The number of quaternary nitrogens is 1. The highest BCUT2D eigenvalue weighted by atomic mass is 15.3. The molecule has 0 amide bonds. The van der Waals surface area contributed by atoms with Gasteiger partial charge in [-0.1, -0.05) is 0 Å². The maximum atomic E-state index is 2.24. The van der Waals surface area contributed by atoms with Crippen LogP contribution < -0.4 is 0 Å². The van der Waals surface area contributed by atoms with Gasteiger partial charge in [0.05, 0.1) is 27.2 Å². The lowest BCUT2D eigenvalue weighted by Gasteiger charge is -2.25. The van der Waals surface area contributed by atoms with Gasteiger partial charge in [0.1, 0.15) is 0 Å². The molecule has 0 aromatic carbocycles. The third kappa shape index (κ3) is 4.13. The molecule has 0 saturated heterocycles. The second-order valence-electron chi connectivity index (χ2n) is 2.57. The highest BCUT2D eigenvalue weighted by Gasteiger charge is 2.04. The minimum Gasteiger partial charge on any atom is -0.358 e. The van der Waals surface area contributed by atoms with Crippen LogP contribution in [0, 0.1) is 7.43 Å². The fraction of sp³-hybridized carbons (Fsp3) is 0.857. The highest BCUT2D eigenvalue weighted by molar-refractivity contribution is 4.17. The molecule has 0 aliphatic heterocycles. The summed E-state index contributed by atoms with van der Waals surface area (Å²) < 4.78 is 1.14. The third-order valence-corrected chi connectivity index (χ3v) is 1.71. The maximum Gasteiger partial charge on any atom is 0.0753 e. The van der Waals surface area contributed by atoms with Crippen molar-refractivity contribution >= 4 is 0 Å². The largest absolute Gasteiger partial charge is 0.358 e. The summed E-state index contributed by atoms with van der Waals surface area (Å²) in [5.74, 6) is 0. The first-order valence-corrected chi connectivity index (χ1v) is 2.94. The van der Waals surface area contributed by atoms with E-state index in [1.54, 1.807) is 0 Å². The normalized spacial score (nSPS) is 10.5. The van der Waals surface area contributed by atoms with E-state index in [0.29, 0.717) is 0 Å². The van der Waals surface area contributed by atoms with Gasteiger partial charge in [-0.25, -0.2) is 0 Å². The monoisotopic (exact) mass is 117 g/mol. The zero-order chi connectivity index (χ0) is 5.91. The Kier molecular flexibility index (Phi) is 5.29. The van der Waals surface area contributed by atoms with Crippen LogP contribution in [0.25, 0.3) is 0 Å². The van der Waals surface area contributed by atoms with Gasteiger partial charge in [-0.2, -0.15) is 0 Å². The van der Waals surface area contributed by atoms with Crippen LogP contribution in [0.1, 0.15) is 13.8 Å². The Morgan fingerprint density at radius 2 is 1.25 bits per heavy atom. The van der Waals surface area contributed by atoms with Gasteiger partial charge in [0.2, 0.25) is 0 Å². The number of hydrogen-bond donors (Lipinski definition) is 0. The van der Waals surface area contributed by atoms with Crippen LogP contribution in [0.15, 0.2) is 0 Å². The molecule has 0 aromatic heterocycles. The van der Waals surface area contributed by atoms with Crippen molar-refractivity contribution in [1.29, 1.82) is 0 Å². The average Bonchev–Trinajstić information content (AvgIpc) is 1.68. The topological polar surface area (TPSA) is 0 Å². The highest BCUT2D eigenvalue weighted by Crippen LogP contribution is 1.91. The SMILES string of the molecule is CC[N+](C)(C)CC.[CH3-]. The van der Waals surface area contributed by atoms with Crippen molar-refractivity contribution in [3.8, 4) is 0 Å². The van der Waals surface area contributed by atoms with Crippen molar-refractivity contribution in [3.63, 3.8) is 0 Å². The summed E-state index contributed by atoms with van der Waals surface area (Å²) in [6.07, 6.45) is 0. The van der Waals surface area contributed by atoms with Crippen LogP contribution >= 0.6 is 0 Å². The fourth-order valence-electron chi connectivity index (χ4n) is 0.224. The molecule has 0 saturated carbocycles. The van der Waals surface area contributed by atoms with Crippen LogP contribution in [-0.2, 0) is 0 Å². The molecule has 0 N–H and O–H groups in total. The summed E-state index contributed by atoms with van der Waals surface area (Å²) >= 11 is 0. The van der Waals surface area contributed by atoms with E-state index in [0.717, 1.165) is 4.48 Å². The molecule has 0 aliphatic rings. The number of hydrogen-bond acceptors (Lipinski definition) is 0. The molecule has 0 spiro atoms. The first-order chi connectivity index (χ1) is 3.12. The van der Waals surface area contributed by atoms with Crippen molar-refractivity contribution < 1.29 is 4.48 Å². The second-order valence-corrected chi connectivity index (χ2v) is 2.57. The molecule has 52 valence electrons. The quantitative estimate of drug-likeness (QED) is 0.380. The van der Waals surface area contributed by atoms with Gasteiger partial charge >= 0.3 is 0 Å². The molecule has 0 aliphatic carbocycles. The third-order valence-electron chi connectivity index (χ3n) is 1.71. The van der Waals surface area contributed by atoms with Gasteiger partial charge in [-0.15, -0.1) is 0 Å². The Morgan fingerprint density at radius 1 is 1.00 bits per heavy atom. The molecular weight excluding hydrogens is 98.1 g/mol. The van der Waals surface area contributed by atoms with Gasteiger partial charge in [-0.05, 0) is 13.8 Å². The van der Waals surface area contributed by atoms with Crippen molar-refractivity contribution in [2.75, 3.05) is 27.2 Å². The molecule has 0 bridgehead atoms. The Labute approximate surface area is 53.9 Å². The number of nitrogens with zero attached hydrogens (tertiary/aromatic N) is 1. The summed E-state index contributed by atoms with van der Waals surface area (Å²) in [7, 11) is 4.47. The van der Waals surface area contributed by atoms with Crippen LogP contribution in [0.3, 0.4) is 0 Å². The Hall–Kier alpha value is -0.0400. The molecule has 1 nitrogen and oxygen atoms in total. The van der Waals surface area contributed by atoms with Crippen LogP contribution in [0.5, 0.6) is 0 Å². The van der Waals surface area contributed by atoms with E-state index < -0.39 is 0 Å². The van der Waals surface area contributed by atoms with Crippen LogP contribution in [0.4, 0.5) is 0 Å². The van der Waals surface area contributed by atoms with Gasteiger partial charge in [0.25, 0.3) is 0 Å². The molecular formula is C7H19N. The molecule has 0 aromatic rings. The van der Waals surface area contributed by atoms with Crippen molar-refractivity contribution in [2.24, 2.45) is 0 Å². The number of rotatable bonds is 2. The van der Waals surface area contributed by atoms with Crippen LogP contribution in [-0.4, -0.2) is 31.7 Å². The molecule has 0 atom stereocenters. The predicted octanol–water partition coefficient (Wildman–Crippen LogP) is 1.55. The summed E-state index contributed by atoms with van der Waals surface area (Å²) in [5.41, 5.74) is 0. The minimum atomic E-state index is 0. The summed E-state index contributed by atoms with van der Waals surface area (Å²) in [5, 5.41) is 0. The van der Waals surface area contributed by atoms with E-state index in [-0.39, 0.29) is 7.43 Å². The summed E-state index contributed by atoms with van der Waals surface area (Å²) in [4.78, 5) is 0. The Balaban J connectivity index is 0. The first kappa shape index (κ1) is 10.9. The van der Waals surface area contributed by atoms with E-state index in [2.05, 4.69) is 27.9 Å². The van der Waals surface area contributed by atoms with E-state index in [9.17, 15) is 0 Å². The van der Waals surface area contributed by atoms with Gasteiger partial charge < -0.3 is 11.9 Å².